The van der Waals surface area contributed by atoms with Crippen LogP contribution in [0.2, 0.25) is 0 Å². The Bertz CT molecular complexity index is 1400. The Kier molecular flexibility index (Phi) is 8.18. The molecule has 0 unspecified atom stereocenters. The van der Waals surface area contributed by atoms with Gasteiger partial charge in [-0.15, -0.1) is 11.3 Å². The van der Waals surface area contributed by atoms with Gasteiger partial charge in [-0.1, -0.05) is 28.1 Å². The van der Waals surface area contributed by atoms with E-state index < -0.39 is 5.97 Å². The molecule has 1 aliphatic rings. The smallest absolute Gasteiger partial charge is 0.317 e. The number of nitrogens with zero attached hydrogens (tertiary/aromatic N) is 2. The number of thiophene rings is 1. The van der Waals surface area contributed by atoms with Gasteiger partial charge < -0.3 is 19.7 Å². The number of phenols is 1. The standard InChI is InChI=1S/C29H29BrN2O5S/c1-19(32-14-12-31(13-15-32)17-27(34)35)18-36-23-7-9-24(10-8-23)37-28-25-11-6-22(33)16-26(25)38-29(28)20-2-4-21(30)5-3-20/h2-11,16,19,33H,12-15,17-18H2,1H3,(H,34,35)/t19-/m1/s1. The van der Waals surface area contributed by atoms with Gasteiger partial charge in [-0.05, 0) is 67.1 Å². The highest BCUT2D eigenvalue weighted by Crippen LogP contribution is 2.47. The molecule has 1 saturated heterocycles. The van der Waals surface area contributed by atoms with E-state index in [1.807, 2.05) is 59.5 Å². The zero-order chi connectivity index (χ0) is 26.6. The molecule has 7 nitrogen and oxygen atoms in total. The van der Waals surface area contributed by atoms with Gasteiger partial charge in [0.1, 0.15) is 23.9 Å². The highest BCUT2D eigenvalue weighted by molar-refractivity contribution is 9.10. The molecule has 0 spiro atoms. The Labute approximate surface area is 234 Å². The maximum atomic E-state index is 10.9. The number of rotatable bonds is 9. The van der Waals surface area contributed by atoms with Crippen LogP contribution < -0.4 is 9.47 Å². The molecule has 198 valence electrons. The van der Waals surface area contributed by atoms with Crippen molar-refractivity contribution in [3.8, 4) is 33.4 Å². The Morgan fingerprint density at radius 2 is 1.68 bits per heavy atom. The SMILES string of the molecule is C[C@H](COc1ccc(Oc2c(-c3ccc(Br)cc3)sc3cc(O)ccc23)cc1)N1CCN(CC(=O)O)CC1. The number of halogens is 1. The molecule has 1 aliphatic heterocycles. The normalized spacial score (nSPS) is 15.4. The summed E-state index contributed by atoms with van der Waals surface area (Å²) in [4.78, 5) is 16.2. The summed E-state index contributed by atoms with van der Waals surface area (Å²) in [6.45, 7) is 5.94. The molecule has 0 amide bonds. The minimum atomic E-state index is -0.779. The second kappa shape index (κ2) is 11.7. The topological polar surface area (TPSA) is 82.5 Å². The van der Waals surface area contributed by atoms with Crippen molar-refractivity contribution in [3.63, 3.8) is 0 Å². The highest BCUT2D eigenvalue weighted by atomic mass is 79.9. The molecule has 3 aromatic carbocycles. The molecule has 0 aliphatic carbocycles. The average molecular weight is 598 g/mol. The van der Waals surface area contributed by atoms with Gasteiger partial charge >= 0.3 is 5.97 Å². The number of fused-ring (bicyclic) bond motifs is 1. The van der Waals surface area contributed by atoms with Crippen molar-refractivity contribution in [2.75, 3.05) is 39.3 Å². The van der Waals surface area contributed by atoms with Crippen molar-refractivity contribution < 1.29 is 24.5 Å². The van der Waals surface area contributed by atoms with Crippen LogP contribution >= 0.6 is 27.3 Å². The van der Waals surface area contributed by atoms with Crippen LogP contribution in [-0.4, -0.2) is 71.4 Å². The van der Waals surface area contributed by atoms with E-state index in [4.69, 9.17) is 14.6 Å². The summed E-state index contributed by atoms with van der Waals surface area (Å²) in [6.07, 6.45) is 0. The second-order valence-corrected chi connectivity index (χ2v) is 11.4. The third-order valence-electron chi connectivity index (χ3n) is 6.66. The molecule has 38 heavy (non-hydrogen) atoms. The van der Waals surface area contributed by atoms with Crippen LogP contribution in [-0.2, 0) is 4.79 Å². The predicted molar refractivity (Wildman–Crippen MR) is 154 cm³/mol. The van der Waals surface area contributed by atoms with E-state index in [0.717, 1.165) is 62.7 Å². The first-order valence-electron chi connectivity index (χ1n) is 12.5. The number of ether oxygens (including phenoxy) is 2. The largest absolute Gasteiger partial charge is 0.508 e. The van der Waals surface area contributed by atoms with Crippen LogP contribution in [0.15, 0.2) is 71.2 Å². The summed E-state index contributed by atoms with van der Waals surface area (Å²) >= 11 is 5.08. The maximum Gasteiger partial charge on any atom is 0.317 e. The Morgan fingerprint density at radius 1 is 1.00 bits per heavy atom. The second-order valence-electron chi connectivity index (χ2n) is 9.39. The molecule has 0 bridgehead atoms. The van der Waals surface area contributed by atoms with Crippen molar-refractivity contribution in [3.05, 3.63) is 71.2 Å². The van der Waals surface area contributed by atoms with Crippen molar-refractivity contribution in [1.29, 1.82) is 0 Å². The van der Waals surface area contributed by atoms with E-state index in [9.17, 15) is 9.90 Å². The number of aliphatic carboxylic acids is 1. The van der Waals surface area contributed by atoms with E-state index in [1.165, 1.54) is 0 Å². The van der Waals surface area contributed by atoms with Gasteiger partial charge in [-0.3, -0.25) is 14.6 Å². The number of carboxylic acids is 1. The van der Waals surface area contributed by atoms with Crippen LogP contribution in [0.5, 0.6) is 23.0 Å². The summed E-state index contributed by atoms with van der Waals surface area (Å²) in [5, 5.41) is 19.9. The first-order chi connectivity index (χ1) is 18.4. The lowest BCUT2D eigenvalue weighted by atomic mass is 10.1. The van der Waals surface area contributed by atoms with Crippen LogP contribution in [0, 0.1) is 0 Å². The van der Waals surface area contributed by atoms with Gasteiger partial charge in [0.05, 0.1) is 11.4 Å². The lowest BCUT2D eigenvalue weighted by molar-refractivity contribution is -0.138. The van der Waals surface area contributed by atoms with Crippen molar-refractivity contribution >= 4 is 43.3 Å². The maximum absolute atomic E-state index is 10.9. The molecular weight excluding hydrogens is 568 g/mol. The highest BCUT2D eigenvalue weighted by Gasteiger charge is 2.23. The average Bonchev–Trinajstić information content (AvgIpc) is 3.25. The molecule has 1 fully saturated rings. The first-order valence-corrected chi connectivity index (χ1v) is 14.1. The quantitative estimate of drug-likeness (QED) is 0.235. The summed E-state index contributed by atoms with van der Waals surface area (Å²) in [5.41, 5.74) is 1.04. The van der Waals surface area contributed by atoms with Gasteiger partial charge in [-0.25, -0.2) is 0 Å². The Morgan fingerprint density at radius 3 is 2.37 bits per heavy atom. The number of phenolic OH excluding ortho intramolecular Hbond substituents is 1. The van der Waals surface area contributed by atoms with Gasteiger partial charge in [0.15, 0.2) is 5.75 Å². The van der Waals surface area contributed by atoms with E-state index >= 15 is 0 Å². The molecule has 2 heterocycles. The minimum Gasteiger partial charge on any atom is -0.508 e. The lowest BCUT2D eigenvalue weighted by Gasteiger charge is -2.37. The number of benzene rings is 3. The zero-order valence-electron chi connectivity index (χ0n) is 21.0. The number of aromatic hydroxyl groups is 1. The molecule has 1 aromatic heterocycles. The van der Waals surface area contributed by atoms with Crippen LogP contribution in [0.3, 0.4) is 0 Å². The Balaban J connectivity index is 1.24. The molecule has 0 saturated carbocycles. The molecule has 1 atom stereocenters. The third kappa shape index (κ3) is 6.30. The fourth-order valence-corrected chi connectivity index (χ4v) is 5.98. The van der Waals surface area contributed by atoms with Gasteiger partial charge in [0.2, 0.25) is 0 Å². The minimum absolute atomic E-state index is 0.0986. The van der Waals surface area contributed by atoms with Gasteiger partial charge in [0.25, 0.3) is 0 Å². The van der Waals surface area contributed by atoms with Crippen LogP contribution in [0.1, 0.15) is 6.92 Å². The van der Waals surface area contributed by atoms with Gasteiger partial charge in [0, 0.05) is 46.8 Å². The molecule has 9 heteroatoms. The predicted octanol–water partition coefficient (Wildman–Crippen LogP) is 6.30. The monoisotopic (exact) mass is 596 g/mol. The zero-order valence-corrected chi connectivity index (χ0v) is 23.4. The summed E-state index contributed by atoms with van der Waals surface area (Å²) in [5.74, 6) is 1.67. The summed E-state index contributed by atoms with van der Waals surface area (Å²) in [6, 6.07) is 21.3. The van der Waals surface area contributed by atoms with E-state index in [0.29, 0.717) is 12.4 Å². The first kappa shape index (κ1) is 26.5. The molecule has 0 radical (unpaired) electrons. The fraction of sp³-hybridized carbons (Fsp3) is 0.276. The van der Waals surface area contributed by atoms with Crippen molar-refractivity contribution in [2.24, 2.45) is 0 Å². The number of piperazine rings is 1. The molecule has 5 rings (SSSR count). The van der Waals surface area contributed by atoms with Crippen molar-refractivity contribution in [2.45, 2.75) is 13.0 Å². The van der Waals surface area contributed by atoms with E-state index in [-0.39, 0.29) is 18.3 Å². The van der Waals surface area contributed by atoms with Gasteiger partial charge in [-0.2, -0.15) is 0 Å². The fourth-order valence-electron chi connectivity index (χ4n) is 4.55. The number of carboxylic acid groups (broad SMARTS) is 1. The Hall–Kier alpha value is -3.11. The summed E-state index contributed by atoms with van der Waals surface area (Å²) < 4.78 is 14.4. The lowest BCUT2D eigenvalue weighted by Crippen LogP contribution is -2.51. The third-order valence-corrected chi connectivity index (χ3v) is 8.37. The van der Waals surface area contributed by atoms with E-state index in [2.05, 4.69) is 27.8 Å². The summed E-state index contributed by atoms with van der Waals surface area (Å²) in [7, 11) is 0. The van der Waals surface area contributed by atoms with Crippen LogP contribution in [0.4, 0.5) is 0 Å². The number of hydrogen-bond acceptors (Lipinski definition) is 7. The number of hydrogen-bond donors (Lipinski definition) is 2. The van der Waals surface area contributed by atoms with E-state index in [1.54, 1.807) is 23.5 Å². The number of carbonyl (C=O) groups is 1. The van der Waals surface area contributed by atoms with Crippen LogP contribution in [0.25, 0.3) is 20.5 Å². The molecule has 2 N–H and O–H groups in total. The molecular formula is C29H29BrN2O5S. The molecule has 4 aromatic rings. The van der Waals surface area contributed by atoms with Crippen molar-refractivity contribution in [1.82, 2.24) is 9.80 Å².